The van der Waals surface area contributed by atoms with Crippen LogP contribution in [0.5, 0.6) is 0 Å². The van der Waals surface area contributed by atoms with E-state index in [1.807, 2.05) is 0 Å². The molecule has 0 atom stereocenters. The maximum Gasteiger partial charge on any atom is 0.303 e. The molecule has 0 aliphatic rings. The van der Waals surface area contributed by atoms with Crippen LogP contribution in [0.3, 0.4) is 0 Å². The first-order valence-electron chi connectivity index (χ1n) is 3.77. The van der Waals surface area contributed by atoms with Crippen LogP contribution in [0.1, 0.15) is 29.0 Å². The van der Waals surface area contributed by atoms with Crippen LogP contribution in [0.2, 0.25) is 0 Å². The molecule has 1 aromatic heterocycles. The van der Waals surface area contributed by atoms with Crippen LogP contribution in [0.15, 0.2) is 10.7 Å². The third kappa shape index (κ3) is 2.40. The zero-order valence-electron chi connectivity index (χ0n) is 7.11. The van der Waals surface area contributed by atoms with E-state index in [2.05, 4.69) is 9.68 Å². The molecule has 1 N–H and O–H groups in total. The summed E-state index contributed by atoms with van der Waals surface area (Å²) >= 11 is 0. The minimum atomic E-state index is -0.984. The summed E-state index contributed by atoms with van der Waals surface area (Å²) in [5, 5.41) is 11.8. The van der Waals surface area contributed by atoms with Crippen molar-refractivity contribution in [3.05, 3.63) is 17.5 Å². The van der Waals surface area contributed by atoms with Gasteiger partial charge in [-0.1, -0.05) is 5.16 Å². The van der Waals surface area contributed by atoms with Crippen LogP contribution in [0.4, 0.5) is 0 Å². The Morgan fingerprint density at radius 1 is 1.54 bits per heavy atom. The fourth-order valence-electron chi connectivity index (χ4n) is 0.922. The number of hydrogen-bond acceptors (Lipinski definition) is 4. The Labute approximate surface area is 74.3 Å². The molecule has 1 aromatic rings. The molecule has 0 unspecified atom stereocenters. The summed E-state index contributed by atoms with van der Waals surface area (Å²) in [7, 11) is 0. The number of rotatable bonds is 4. The highest BCUT2D eigenvalue weighted by atomic mass is 16.5. The number of Topliss-reactive ketones (excluding diaryl/α,β-unsaturated/α-hetero) is 1. The first-order valence-corrected chi connectivity index (χ1v) is 3.77. The van der Waals surface area contributed by atoms with E-state index in [4.69, 9.17) is 5.11 Å². The predicted octanol–water partition coefficient (Wildman–Crippen LogP) is 1.03. The molecule has 0 bridgehead atoms. The quantitative estimate of drug-likeness (QED) is 0.705. The highest BCUT2D eigenvalue weighted by Crippen LogP contribution is 2.09. The van der Waals surface area contributed by atoms with Crippen molar-refractivity contribution in [3.8, 4) is 0 Å². The molecule has 0 saturated carbocycles. The number of aryl methyl sites for hydroxylation is 1. The van der Waals surface area contributed by atoms with Crippen molar-refractivity contribution in [2.75, 3.05) is 0 Å². The predicted molar refractivity (Wildman–Crippen MR) is 42.4 cm³/mol. The normalized spacial score (nSPS) is 9.92. The molecular formula is C8H9NO4. The second-order valence-electron chi connectivity index (χ2n) is 2.61. The van der Waals surface area contributed by atoms with E-state index in [-0.39, 0.29) is 18.6 Å². The topological polar surface area (TPSA) is 80.4 Å². The van der Waals surface area contributed by atoms with Crippen LogP contribution in [0.25, 0.3) is 0 Å². The fraction of sp³-hybridized carbons (Fsp3) is 0.375. The van der Waals surface area contributed by atoms with E-state index in [1.54, 1.807) is 6.92 Å². The van der Waals surface area contributed by atoms with Gasteiger partial charge in [-0.3, -0.25) is 9.59 Å². The molecular weight excluding hydrogens is 174 g/mol. The Bertz CT molecular complexity index is 329. The lowest BCUT2D eigenvalue weighted by molar-refractivity contribution is -0.136. The Morgan fingerprint density at radius 2 is 2.23 bits per heavy atom. The number of carboxylic acid groups (broad SMARTS) is 1. The third-order valence-electron chi connectivity index (χ3n) is 1.62. The molecule has 0 saturated heterocycles. The first kappa shape index (κ1) is 9.44. The van der Waals surface area contributed by atoms with Crippen molar-refractivity contribution >= 4 is 11.8 Å². The average molecular weight is 183 g/mol. The summed E-state index contributed by atoms with van der Waals surface area (Å²) in [6.45, 7) is 1.61. The van der Waals surface area contributed by atoms with E-state index in [0.717, 1.165) is 0 Å². The van der Waals surface area contributed by atoms with Crippen molar-refractivity contribution < 1.29 is 19.2 Å². The summed E-state index contributed by atoms with van der Waals surface area (Å²) < 4.78 is 4.67. The number of ketones is 1. The lowest BCUT2D eigenvalue weighted by Gasteiger charge is -1.94. The smallest absolute Gasteiger partial charge is 0.303 e. The van der Waals surface area contributed by atoms with Crippen LogP contribution in [-0.4, -0.2) is 22.0 Å². The number of carboxylic acids is 1. The van der Waals surface area contributed by atoms with Gasteiger partial charge in [-0.15, -0.1) is 0 Å². The lowest BCUT2D eigenvalue weighted by Crippen LogP contribution is -2.03. The standard InChI is InChI=1S/C8H9NO4/c1-5-6(4-9-13-5)7(10)2-3-8(11)12/h4H,2-3H2,1H3,(H,11,12). The number of nitrogens with zero attached hydrogens (tertiary/aromatic N) is 1. The minimum absolute atomic E-state index is 0.0165. The Morgan fingerprint density at radius 3 is 2.69 bits per heavy atom. The SMILES string of the molecule is Cc1oncc1C(=O)CCC(=O)O. The molecule has 1 rings (SSSR count). The van der Waals surface area contributed by atoms with E-state index in [1.165, 1.54) is 6.20 Å². The average Bonchev–Trinajstić information content (AvgIpc) is 2.47. The maximum absolute atomic E-state index is 11.3. The fourth-order valence-corrected chi connectivity index (χ4v) is 0.922. The van der Waals surface area contributed by atoms with Gasteiger partial charge in [-0.05, 0) is 6.92 Å². The van der Waals surface area contributed by atoms with Crippen molar-refractivity contribution in [3.63, 3.8) is 0 Å². The summed E-state index contributed by atoms with van der Waals surface area (Å²) in [4.78, 5) is 21.4. The molecule has 0 aliphatic heterocycles. The molecule has 5 heteroatoms. The van der Waals surface area contributed by atoms with Gasteiger partial charge in [0, 0.05) is 6.42 Å². The van der Waals surface area contributed by atoms with Gasteiger partial charge in [0.05, 0.1) is 18.2 Å². The highest BCUT2D eigenvalue weighted by Gasteiger charge is 2.13. The van der Waals surface area contributed by atoms with Crippen LogP contribution in [0, 0.1) is 6.92 Å². The zero-order chi connectivity index (χ0) is 9.84. The van der Waals surface area contributed by atoms with Gasteiger partial charge in [-0.25, -0.2) is 0 Å². The molecule has 13 heavy (non-hydrogen) atoms. The summed E-state index contributed by atoms with van der Waals surface area (Å²) in [5.41, 5.74) is 0.362. The van der Waals surface area contributed by atoms with Gasteiger partial charge in [0.15, 0.2) is 5.78 Å². The molecule has 5 nitrogen and oxygen atoms in total. The second kappa shape index (κ2) is 3.84. The minimum Gasteiger partial charge on any atom is -0.481 e. The number of aliphatic carboxylic acids is 1. The van der Waals surface area contributed by atoms with E-state index < -0.39 is 5.97 Å². The van der Waals surface area contributed by atoms with Gasteiger partial charge < -0.3 is 9.63 Å². The van der Waals surface area contributed by atoms with Crippen molar-refractivity contribution in [1.29, 1.82) is 0 Å². The number of aromatic nitrogens is 1. The van der Waals surface area contributed by atoms with Crippen LogP contribution < -0.4 is 0 Å². The van der Waals surface area contributed by atoms with Gasteiger partial charge in [0.25, 0.3) is 0 Å². The maximum atomic E-state index is 11.3. The molecule has 0 aliphatic carbocycles. The van der Waals surface area contributed by atoms with Crippen molar-refractivity contribution in [2.24, 2.45) is 0 Å². The molecule has 0 fully saturated rings. The van der Waals surface area contributed by atoms with Gasteiger partial charge in [0.1, 0.15) is 5.76 Å². The summed E-state index contributed by atoms with van der Waals surface area (Å²) in [6, 6.07) is 0. The number of carbonyl (C=O) groups is 2. The first-order chi connectivity index (χ1) is 6.11. The van der Waals surface area contributed by atoms with Gasteiger partial charge in [0.2, 0.25) is 0 Å². The number of carbonyl (C=O) groups excluding carboxylic acids is 1. The van der Waals surface area contributed by atoms with Crippen LogP contribution in [-0.2, 0) is 4.79 Å². The molecule has 0 radical (unpaired) electrons. The Kier molecular flexibility index (Phi) is 2.79. The van der Waals surface area contributed by atoms with Crippen molar-refractivity contribution in [1.82, 2.24) is 5.16 Å². The van der Waals surface area contributed by atoms with Crippen molar-refractivity contribution in [2.45, 2.75) is 19.8 Å². The summed E-state index contributed by atoms with van der Waals surface area (Å²) in [6.07, 6.45) is 1.13. The summed E-state index contributed by atoms with van der Waals surface area (Å²) in [5.74, 6) is -0.806. The second-order valence-corrected chi connectivity index (χ2v) is 2.61. The largest absolute Gasteiger partial charge is 0.481 e. The Hall–Kier alpha value is -1.65. The highest BCUT2D eigenvalue weighted by molar-refractivity contribution is 5.97. The van der Waals surface area contributed by atoms with E-state index >= 15 is 0 Å². The van der Waals surface area contributed by atoms with Crippen LogP contribution >= 0.6 is 0 Å². The van der Waals surface area contributed by atoms with E-state index in [0.29, 0.717) is 11.3 Å². The number of hydrogen-bond donors (Lipinski definition) is 1. The van der Waals surface area contributed by atoms with Gasteiger partial charge >= 0.3 is 5.97 Å². The van der Waals surface area contributed by atoms with E-state index in [9.17, 15) is 9.59 Å². The molecule has 0 amide bonds. The molecule has 0 aromatic carbocycles. The third-order valence-corrected chi connectivity index (χ3v) is 1.62. The zero-order valence-corrected chi connectivity index (χ0v) is 7.11. The molecule has 70 valence electrons. The molecule has 0 spiro atoms. The lowest BCUT2D eigenvalue weighted by atomic mass is 10.1. The van der Waals surface area contributed by atoms with Gasteiger partial charge in [-0.2, -0.15) is 0 Å². The monoisotopic (exact) mass is 183 g/mol. The molecule has 1 heterocycles. The Balaban J connectivity index is 2.59.